The van der Waals surface area contributed by atoms with Crippen LogP contribution < -0.4 is 66.3 Å². The van der Waals surface area contributed by atoms with Gasteiger partial charge in [-0.3, -0.25) is 52.8 Å². The molecule has 0 saturated heterocycles. The summed E-state index contributed by atoms with van der Waals surface area (Å²) in [6.07, 6.45) is 3.66. The molecular weight excluding hydrogens is 1140 g/mol. The van der Waals surface area contributed by atoms with E-state index in [4.69, 9.17) is 4.74 Å². The molecule has 1 fully saturated rings. The summed E-state index contributed by atoms with van der Waals surface area (Å²) in [5.74, 6) is 1.12. The normalized spacial score (nSPS) is 13.0. The van der Waals surface area contributed by atoms with Gasteiger partial charge in [-0.25, -0.2) is 28.1 Å². The Morgan fingerprint density at radius 2 is 0.944 bits per heavy atom. The van der Waals surface area contributed by atoms with Crippen LogP contribution in [-0.2, 0) is 11.3 Å². The van der Waals surface area contributed by atoms with Crippen LogP contribution in [0.4, 0.5) is 27.7 Å². The van der Waals surface area contributed by atoms with E-state index in [0.717, 1.165) is 58.6 Å². The standard InChI is InChI=1S/C19H18FN3O2.C16H21N3O3.C16H19N3O2.C15H19N3O2.CH4/c1-12-8-15(20)10-16(9-12)23-18(24)11-17(22-19(23)25)21-13(2)14-6-4-3-5-7-14;1-11(2)19-15(20)9-14(18-16(19)21)17-13(10-22-3)12-7-5-4-6-8-12;1-11(12-6-3-2-4-7-12)17-14-10-15(20)19(16(21)18-14)13-8-5-9-13;1-3-9-18-14(19)10-13(17-15(18)20)16-11(2)12-7-5-4-6-8-12;/h3-11,13,21H,1-2H3,(H,22,25);4-9,11,13,17H,10H2,1-3H3,(H,18,21);2-4,6-7,10-11,13,17H,5,8-9H2,1H3,(H,18,21);4-8,10-11,16H,3,9H2,1-2H3,(H,17,20);1H4/t2*13-;2*11-;/m0000./s1. The Morgan fingerprint density at radius 1 is 0.517 bits per heavy atom. The lowest BCUT2D eigenvalue weighted by Crippen LogP contribution is -2.40. The predicted octanol–water partition coefficient (Wildman–Crippen LogP) is 10.3. The second-order valence-electron chi connectivity index (χ2n) is 21.6. The van der Waals surface area contributed by atoms with Crippen molar-refractivity contribution in [3.8, 4) is 5.69 Å². The highest BCUT2D eigenvalue weighted by Crippen LogP contribution is 2.29. The first-order chi connectivity index (χ1) is 42.2. The van der Waals surface area contributed by atoms with Gasteiger partial charge >= 0.3 is 22.8 Å². The number of ether oxygens (including phenoxy) is 1. The summed E-state index contributed by atoms with van der Waals surface area (Å²) in [7, 11) is 1.61. The maximum Gasteiger partial charge on any atom is 0.334 e. The molecule has 4 atom stereocenters. The number of nitrogens with one attached hydrogen (secondary N) is 8. The van der Waals surface area contributed by atoms with E-state index in [2.05, 4.69) is 41.2 Å². The molecule has 9 aromatic rings. The van der Waals surface area contributed by atoms with Gasteiger partial charge in [-0.1, -0.05) is 136 Å². The fraction of sp³-hybridized carbons (Fsp3) is 0.313. The quantitative estimate of drug-likeness (QED) is 0.0375. The first kappa shape index (κ1) is 68.0. The topological polar surface area (TPSA) is 277 Å². The van der Waals surface area contributed by atoms with E-state index in [0.29, 0.717) is 42.0 Å². The predicted molar refractivity (Wildman–Crippen MR) is 352 cm³/mol. The van der Waals surface area contributed by atoms with E-state index in [1.165, 1.54) is 44.0 Å². The number of aromatic nitrogens is 8. The molecule has 0 amide bonds. The average Bonchev–Trinajstić information content (AvgIpc) is 1.11. The SMILES string of the molecule is C.CCCn1c(=O)cc(N[C@@H](C)c2ccccc2)[nH]c1=O.COC[C@H](Nc1cc(=O)n(C(C)C)c(=O)[nH]1)c1ccccc1.C[C@H](Nc1cc(=O)n(C2CCC2)c(=O)[nH]1)c1ccccc1.Cc1cc(F)cc(-n2c(=O)cc(N[C@@H](C)c3ccccc3)[nH]c2=O)c1. The van der Waals surface area contributed by atoms with Crippen molar-refractivity contribution < 1.29 is 9.13 Å². The van der Waals surface area contributed by atoms with E-state index < -0.39 is 22.8 Å². The summed E-state index contributed by atoms with van der Waals surface area (Å²) in [5, 5.41) is 12.6. The number of halogens is 1. The summed E-state index contributed by atoms with van der Waals surface area (Å²) in [4.78, 5) is 107. The molecule has 89 heavy (non-hydrogen) atoms. The highest BCUT2D eigenvalue weighted by atomic mass is 19.1. The monoisotopic (exact) mass is 1220 g/mol. The molecule has 1 aliphatic carbocycles. The van der Waals surface area contributed by atoms with Crippen LogP contribution in [0.1, 0.15) is 139 Å². The number of H-pyrrole nitrogens is 4. The highest BCUT2D eigenvalue weighted by Gasteiger charge is 2.23. The first-order valence-electron chi connectivity index (χ1n) is 29.2. The van der Waals surface area contributed by atoms with Crippen LogP contribution in [0.25, 0.3) is 5.69 Å². The summed E-state index contributed by atoms with van der Waals surface area (Å²) in [6.45, 7) is 14.0. The molecule has 21 nitrogen and oxygen atoms in total. The van der Waals surface area contributed by atoms with Gasteiger partial charge in [0.05, 0.1) is 18.3 Å². The smallest absolute Gasteiger partial charge is 0.334 e. The third-order valence-corrected chi connectivity index (χ3v) is 14.5. The first-order valence-corrected chi connectivity index (χ1v) is 29.2. The number of benzene rings is 5. The van der Waals surface area contributed by atoms with Crippen molar-refractivity contribution in [1.29, 1.82) is 0 Å². The molecule has 1 aliphatic rings. The van der Waals surface area contributed by atoms with Gasteiger partial charge in [0.25, 0.3) is 22.2 Å². The average molecular weight is 1220 g/mol. The number of hydrogen-bond acceptors (Lipinski definition) is 13. The Balaban J connectivity index is 0.000000189. The van der Waals surface area contributed by atoms with Crippen molar-refractivity contribution in [2.75, 3.05) is 35.0 Å². The van der Waals surface area contributed by atoms with E-state index in [-0.39, 0.29) is 77.4 Å². The minimum atomic E-state index is -0.625. The van der Waals surface area contributed by atoms with Crippen molar-refractivity contribution in [1.82, 2.24) is 38.2 Å². The maximum atomic E-state index is 13.6. The number of aromatic amines is 4. The van der Waals surface area contributed by atoms with Gasteiger partial charge in [0.1, 0.15) is 29.1 Å². The molecule has 22 heteroatoms. The zero-order chi connectivity index (χ0) is 63.4. The van der Waals surface area contributed by atoms with Crippen molar-refractivity contribution >= 4 is 23.3 Å². The molecule has 0 spiro atoms. The number of nitrogens with zero attached hydrogens (tertiary/aromatic N) is 4. The number of hydrogen-bond donors (Lipinski definition) is 8. The molecule has 4 heterocycles. The third-order valence-electron chi connectivity index (χ3n) is 14.5. The fourth-order valence-corrected chi connectivity index (χ4v) is 9.78. The van der Waals surface area contributed by atoms with Crippen LogP contribution in [0.3, 0.4) is 0 Å². The van der Waals surface area contributed by atoms with Crippen LogP contribution in [0.5, 0.6) is 0 Å². The van der Waals surface area contributed by atoms with E-state index in [1.807, 2.05) is 149 Å². The van der Waals surface area contributed by atoms with Gasteiger partial charge in [-0.15, -0.1) is 0 Å². The van der Waals surface area contributed by atoms with Gasteiger partial charge in [0.15, 0.2) is 0 Å². The zero-order valence-electron chi connectivity index (χ0n) is 50.6. The summed E-state index contributed by atoms with van der Waals surface area (Å²) in [5.41, 5.74) is 1.94. The Morgan fingerprint density at radius 3 is 1.35 bits per heavy atom. The largest absolute Gasteiger partial charge is 0.382 e. The molecule has 0 unspecified atom stereocenters. The van der Waals surface area contributed by atoms with E-state index >= 15 is 0 Å². The molecule has 0 bridgehead atoms. The maximum absolute atomic E-state index is 13.6. The van der Waals surface area contributed by atoms with Crippen molar-refractivity contribution in [2.24, 2.45) is 0 Å². The molecule has 4 aromatic heterocycles. The Hall–Kier alpha value is -10.1. The fourth-order valence-electron chi connectivity index (χ4n) is 9.78. The second-order valence-corrected chi connectivity index (χ2v) is 21.6. The van der Waals surface area contributed by atoms with Crippen LogP contribution in [-0.4, -0.2) is 51.9 Å². The van der Waals surface area contributed by atoms with E-state index in [1.54, 1.807) is 33.9 Å². The van der Waals surface area contributed by atoms with Crippen LogP contribution in [0, 0.1) is 12.7 Å². The molecule has 5 aromatic carbocycles. The lowest BCUT2D eigenvalue weighted by atomic mass is 9.93. The number of anilines is 4. The molecule has 0 aliphatic heterocycles. The van der Waals surface area contributed by atoms with Crippen LogP contribution >= 0.6 is 0 Å². The number of aryl methyl sites for hydroxylation is 1. The molecule has 1 saturated carbocycles. The molecule has 10 rings (SSSR count). The zero-order valence-corrected chi connectivity index (χ0v) is 50.6. The summed E-state index contributed by atoms with van der Waals surface area (Å²) >= 11 is 0. The van der Waals surface area contributed by atoms with Crippen LogP contribution in [0.15, 0.2) is 202 Å². The van der Waals surface area contributed by atoms with Gasteiger partial charge in [0, 0.05) is 68.1 Å². The Bertz CT molecular complexity index is 4070. The van der Waals surface area contributed by atoms with Gasteiger partial charge in [0.2, 0.25) is 0 Å². The van der Waals surface area contributed by atoms with Crippen LogP contribution in [0.2, 0.25) is 0 Å². The lowest BCUT2D eigenvalue weighted by Gasteiger charge is -2.26. The molecule has 470 valence electrons. The summed E-state index contributed by atoms with van der Waals surface area (Å²) in [6, 6.07) is 48.4. The molecule has 0 radical (unpaired) electrons. The van der Waals surface area contributed by atoms with Crippen molar-refractivity contribution in [3.05, 3.63) is 281 Å². The highest BCUT2D eigenvalue weighted by molar-refractivity contribution is 5.42. The third kappa shape index (κ3) is 19.0. The van der Waals surface area contributed by atoms with E-state index in [9.17, 15) is 42.7 Å². The van der Waals surface area contributed by atoms with Gasteiger partial charge in [-0.05, 0) is 113 Å². The minimum Gasteiger partial charge on any atom is -0.382 e. The second kappa shape index (κ2) is 32.6. The summed E-state index contributed by atoms with van der Waals surface area (Å²) < 4.78 is 23.4. The van der Waals surface area contributed by atoms with Gasteiger partial charge in [-0.2, -0.15) is 0 Å². The minimum absolute atomic E-state index is 0. The number of rotatable bonds is 19. The Labute approximate surface area is 514 Å². The van der Waals surface area contributed by atoms with Crippen molar-refractivity contribution in [2.45, 2.75) is 124 Å². The Kier molecular flexibility index (Phi) is 24.9. The molecular formula is C67H81FN12O9. The van der Waals surface area contributed by atoms with Crippen molar-refractivity contribution in [3.63, 3.8) is 0 Å². The molecule has 8 N–H and O–H groups in total. The lowest BCUT2D eigenvalue weighted by molar-refractivity contribution is 0.186. The number of methoxy groups -OCH3 is 1. The van der Waals surface area contributed by atoms with Gasteiger partial charge < -0.3 is 26.0 Å².